The van der Waals surface area contributed by atoms with Crippen molar-refractivity contribution in [2.75, 3.05) is 19.7 Å². The van der Waals surface area contributed by atoms with Crippen molar-refractivity contribution < 1.29 is 14.3 Å². The Morgan fingerprint density at radius 2 is 2.04 bits per heavy atom. The van der Waals surface area contributed by atoms with E-state index in [9.17, 15) is 9.59 Å². The highest BCUT2D eigenvalue weighted by molar-refractivity contribution is 5.95. The van der Waals surface area contributed by atoms with Crippen LogP contribution in [0.15, 0.2) is 6.20 Å². The number of aryl methyl sites for hydroxylation is 2. The van der Waals surface area contributed by atoms with Crippen molar-refractivity contribution in [1.29, 1.82) is 0 Å². The molecule has 2 saturated heterocycles. The lowest BCUT2D eigenvalue weighted by molar-refractivity contribution is -0.123. The second kappa shape index (κ2) is 7.56. The first kappa shape index (κ1) is 17.9. The highest BCUT2D eigenvalue weighted by Gasteiger charge is 2.35. The molecule has 0 aromatic carbocycles. The van der Waals surface area contributed by atoms with Crippen LogP contribution in [0.1, 0.15) is 48.7 Å². The summed E-state index contributed by atoms with van der Waals surface area (Å²) in [7, 11) is 0. The molecule has 2 fully saturated rings. The minimum absolute atomic E-state index is 0.0465. The molecule has 0 radical (unpaired) electrons. The number of carbonyl (C=O) groups excluding carboxylic acids is 2. The summed E-state index contributed by atoms with van der Waals surface area (Å²) in [4.78, 5) is 26.1. The van der Waals surface area contributed by atoms with E-state index in [1.165, 1.54) is 0 Å². The highest BCUT2D eigenvalue weighted by Crippen LogP contribution is 2.31. The Kier molecular flexibility index (Phi) is 5.42. The van der Waals surface area contributed by atoms with Crippen LogP contribution in [0.3, 0.4) is 0 Å². The van der Waals surface area contributed by atoms with Gasteiger partial charge in [-0.3, -0.25) is 14.3 Å². The molecule has 2 N–H and O–H groups in total. The molecule has 7 heteroatoms. The van der Waals surface area contributed by atoms with Crippen LogP contribution in [0.25, 0.3) is 0 Å². The van der Waals surface area contributed by atoms with Crippen molar-refractivity contribution in [3.05, 3.63) is 17.5 Å². The quantitative estimate of drug-likeness (QED) is 0.869. The summed E-state index contributed by atoms with van der Waals surface area (Å²) in [6, 6.07) is 0. The van der Waals surface area contributed by atoms with Gasteiger partial charge in [0.1, 0.15) is 0 Å². The van der Waals surface area contributed by atoms with Gasteiger partial charge < -0.3 is 15.4 Å². The smallest absolute Gasteiger partial charge is 0.257 e. The van der Waals surface area contributed by atoms with Crippen LogP contribution in [0.2, 0.25) is 0 Å². The fourth-order valence-corrected chi connectivity index (χ4v) is 3.97. The van der Waals surface area contributed by atoms with E-state index >= 15 is 0 Å². The topological polar surface area (TPSA) is 90.5 Å². The molecule has 2 aliphatic heterocycles. The summed E-state index contributed by atoms with van der Waals surface area (Å²) in [5, 5.41) is 4.36. The normalized spacial score (nSPS) is 24.6. The van der Waals surface area contributed by atoms with E-state index in [0.29, 0.717) is 18.1 Å². The largest absolute Gasteiger partial charge is 0.377 e. The maximum atomic E-state index is 12.7. The number of nitrogens with two attached hydrogens (primary N) is 1. The highest BCUT2D eigenvalue weighted by atomic mass is 16.5. The van der Waals surface area contributed by atoms with Gasteiger partial charge in [-0.25, -0.2) is 0 Å². The molecule has 3 rings (SSSR count). The van der Waals surface area contributed by atoms with Crippen LogP contribution in [0.4, 0.5) is 0 Å². The summed E-state index contributed by atoms with van der Waals surface area (Å²) < 4.78 is 7.51. The van der Waals surface area contributed by atoms with Gasteiger partial charge >= 0.3 is 0 Å². The molecule has 3 heterocycles. The molecular formula is C18H28N4O3. The molecule has 2 amide bonds. The molecule has 25 heavy (non-hydrogen) atoms. The zero-order valence-corrected chi connectivity index (χ0v) is 15.1. The molecule has 0 bridgehead atoms. The molecule has 0 spiro atoms. The predicted molar refractivity (Wildman–Crippen MR) is 92.9 cm³/mol. The number of carbonyl (C=O) groups is 2. The first-order valence-corrected chi connectivity index (χ1v) is 9.23. The Bertz CT molecular complexity index is 634. The molecule has 0 unspecified atom stereocenters. The lowest BCUT2D eigenvalue weighted by atomic mass is 9.86. The third kappa shape index (κ3) is 3.86. The lowest BCUT2D eigenvalue weighted by Gasteiger charge is -2.33. The third-order valence-electron chi connectivity index (χ3n) is 5.54. The average molecular weight is 348 g/mol. The Morgan fingerprint density at radius 3 is 2.64 bits per heavy atom. The molecule has 2 aliphatic rings. The number of likely N-dealkylation sites (tertiary alicyclic amines) is 1. The van der Waals surface area contributed by atoms with Gasteiger partial charge in [0.15, 0.2) is 0 Å². The molecule has 0 aliphatic carbocycles. The van der Waals surface area contributed by atoms with Crippen molar-refractivity contribution in [3.8, 4) is 0 Å². The van der Waals surface area contributed by atoms with Crippen LogP contribution in [-0.4, -0.2) is 52.3 Å². The van der Waals surface area contributed by atoms with E-state index in [1.54, 1.807) is 4.68 Å². The number of amides is 2. The van der Waals surface area contributed by atoms with Gasteiger partial charge in [-0.15, -0.1) is 0 Å². The van der Waals surface area contributed by atoms with Gasteiger partial charge in [-0.2, -0.15) is 5.10 Å². The standard InChI is InChI=1S/C18H28N4O3/c1-3-22-11-15(12(2)20-22)18(24)21-7-4-13(5-8-21)10-16-14(17(19)23)6-9-25-16/h11,13-14,16H,3-10H2,1-2H3,(H2,19,23)/t14-,16-/m1/s1. The van der Waals surface area contributed by atoms with E-state index in [0.717, 1.165) is 51.0 Å². The van der Waals surface area contributed by atoms with Gasteiger partial charge in [0, 0.05) is 32.4 Å². The fraction of sp³-hybridized carbons (Fsp3) is 0.722. The summed E-state index contributed by atoms with van der Waals surface area (Å²) >= 11 is 0. The van der Waals surface area contributed by atoms with E-state index in [1.807, 2.05) is 24.9 Å². The Balaban J connectivity index is 1.54. The second-order valence-corrected chi connectivity index (χ2v) is 7.16. The third-order valence-corrected chi connectivity index (χ3v) is 5.54. The van der Waals surface area contributed by atoms with Crippen molar-refractivity contribution in [3.63, 3.8) is 0 Å². The molecule has 138 valence electrons. The Morgan fingerprint density at radius 1 is 1.32 bits per heavy atom. The summed E-state index contributed by atoms with van der Waals surface area (Å²) in [5.41, 5.74) is 6.96. The zero-order valence-electron chi connectivity index (χ0n) is 15.1. The minimum atomic E-state index is -0.251. The maximum Gasteiger partial charge on any atom is 0.257 e. The molecule has 1 aromatic heterocycles. The fourth-order valence-electron chi connectivity index (χ4n) is 3.97. The van der Waals surface area contributed by atoms with Crippen molar-refractivity contribution in [2.24, 2.45) is 17.6 Å². The van der Waals surface area contributed by atoms with Gasteiger partial charge in [0.05, 0.1) is 23.3 Å². The van der Waals surface area contributed by atoms with Gasteiger partial charge in [-0.1, -0.05) is 0 Å². The first-order chi connectivity index (χ1) is 12.0. The molecule has 7 nitrogen and oxygen atoms in total. The summed E-state index contributed by atoms with van der Waals surface area (Å²) in [5.74, 6) is 0.150. The van der Waals surface area contributed by atoms with E-state index in [2.05, 4.69) is 5.10 Å². The number of rotatable bonds is 5. The number of hydrogen-bond donors (Lipinski definition) is 1. The summed E-state index contributed by atoms with van der Waals surface area (Å²) in [6.07, 6.45) is 5.28. The van der Waals surface area contributed by atoms with E-state index in [4.69, 9.17) is 10.5 Å². The maximum absolute atomic E-state index is 12.7. The SMILES string of the molecule is CCn1cc(C(=O)N2CCC(C[C@H]3OCC[C@H]3C(N)=O)CC2)c(C)n1. The zero-order chi connectivity index (χ0) is 18.0. The summed E-state index contributed by atoms with van der Waals surface area (Å²) in [6.45, 7) is 6.77. The number of aromatic nitrogens is 2. The minimum Gasteiger partial charge on any atom is -0.377 e. The Hall–Kier alpha value is -1.89. The first-order valence-electron chi connectivity index (χ1n) is 9.23. The van der Waals surface area contributed by atoms with Crippen LogP contribution in [-0.2, 0) is 16.1 Å². The number of nitrogens with zero attached hydrogens (tertiary/aromatic N) is 3. The second-order valence-electron chi connectivity index (χ2n) is 7.16. The van der Waals surface area contributed by atoms with Crippen molar-refractivity contribution in [2.45, 2.75) is 52.2 Å². The molecule has 2 atom stereocenters. The lowest BCUT2D eigenvalue weighted by Crippen LogP contribution is -2.40. The van der Waals surface area contributed by atoms with E-state index < -0.39 is 0 Å². The van der Waals surface area contributed by atoms with Crippen molar-refractivity contribution in [1.82, 2.24) is 14.7 Å². The van der Waals surface area contributed by atoms with Gasteiger partial charge in [0.25, 0.3) is 5.91 Å². The molecule has 0 saturated carbocycles. The number of hydrogen-bond acceptors (Lipinski definition) is 4. The van der Waals surface area contributed by atoms with Gasteiger partial charge in [0.2, 0.25) is 5.91 Å². The number of ether oxygens (including phenoxy) is 1. The average Bonchev–Trinajstić information content (AvgIpc) is 3.21. The van der Waals surface area contributed by atoms with E-state index in [-0.39, 0.29) is 23.8 Å². The van der Waals surface area contributed by atoms with Crippen LogP contribution in [0.5, 0.6) is 0 Å². The molecule has 1 aromatic rings. The predicted octanol–water partition coefficient (Wildman–Crippen LogP) is 1.34. The number of piperidine rings is 1. The Labute approximate surface area is 148 Å². The monoisotopic (exact) mass is 348 g/mol. The van der Waals surface area contributed by atoms with Crippen molar-refractivity contribution >= 4 is 11.8 Å². The van der Waals surface area contributed by atoms with Crippen LogP contribution >= 0.6 is 0 Å². The van der Waals surface area contributed by atoms with Crippen LogP contribution in [0, 0.1) is 18.8 Å². The number of primary amides is 1. The molecular weight excluding hydrogens is 320 g/mol. The van der Waals surface area contributed by atoms with Gasteiger partial charge in [-0.05, 0) is 45.4 Å². The van der Waals surface area contributed by atoms with Crippen LogP contribution < -0.4 is 5.73 Å².